The first-order valence-corrected chi connectivity index (χ1v) is 8.21. The lowest BCUT2D eigenvalue weighted by Gasteiger charge is -2.27. The molecule has 1 aliphatic rings. The Balaban J connectivity index is 1.76. The van der Waals surface area contributed by atoms with Gasteiger partial charge in [-0.1, -0.05) is 18.2 Å². The van der Waals surface area contributed by atoms with Gasteiger partial charge in [0.05, 0.1) is 13.2 Å². The molecule has 0 N–H and O–H groups in total. The summed E-state index contributed by atoms with van der Waals surface area (Å²) in [6.07, 6.45) is 3.97. The minimum Gasteiger partial charge on any atom is -0.497 e. The van der Waals surface area contributed by atoms with Crippen molar-refractivity contribution in [1.82, 2.24) is 4.98 Å². The van der Waals surface area contributed by atoms with Crippen molar-refractivity contribution in [3.05, 3.63) is 66.1 Å². The van der Waals surface area contributed by atoms with Crippen LogP contribution < -0.4 is 9.64 Å². The lowest BCUT2D eigenvalue weighted by atomic mass is 10.0. The van der Waals surface area contributed by atoms with Crippen molar-refractivity contribution >= 4 is 16.6 Å². The van der Waals surface area contributed by atoms with Crippen LogP contribution in [0.2, 0.25) is 0 Å². The number of pyridine rings is 1. The summed E-state index contributed by atoms with van der Waals surface area (Å²) in [5, 5.41) is 1.89. The van der Waals surface area contributed by atoms with E-state index in [1.807, 2.05) is 24.3 Å². The van der Waals surface area contributed by atoms with Crippen LogP contribution in [0.15, 0.2) is 54.7 Å². The van der Waals surface area contributed by atoms with E-state index in [-0.39, 0.29) is 11.9 Å². The highest BCUT2D eigenvalue weighted by molar-refractivity contribution is 5.92. The van der Waals surface area contributed by atoms with Crippen molar-refractivity contribution in [2.45, 2.75) is 18.9 Å². The molecule has 0 amide bonds. The molecule has 0 aliphatic carbocycles. The molecule has 1 fully saturated rings. The van der Waals surface area contributed by atoms with E-state index in [9.17, 15) is 4.39 Å². The van der Waals surface area contributed by atoms with Gasteiger partial charge in [-0.25, -0.2) is 9.37 Å². The third kappa shape index (κ3) is 2.58. The summed E-state index contributed by atoms with van der Waals surface area (Å²) in [5.74, 6) is 1.50. The Morgan fingerprint density at radius 1 is 1.12 bits per heavy atom. The summed E-state index contributed by atoms with van der Waals surface area (Å²) in [5.41, 5.74) is 1.24. The van der Waals surface area contributed by atoms with Crippen LogP contribution >= 0.6 is 0 Å². The number of aromatic nitrogens is 1. The summed E-state index contributed by atoms with van der Waals surface area (Å²) < 4.78 is 19.0. The summed E-state index contributed by atoms with van der Waals surface area (Å²) in [4.78, 5) is 6.87. The van der Waals surface area contributed by atoms with Crippen LogP contribution in [0.25, 0.3) is 10.8 Å². The number of hydrogen-bond acceptors (Lipinski definition) is 3. The van der Waals surface area contributed by atoms with E-state index < -0.39 is 0 Å². The minimum atomic E-state index is -0.225. The largest absolute Gasteiger partial charge is 0.497 e. The fourth-order valence-corrected chi connectivity index (χ4v) is 3.55. The van der Waals surface area contributed by atoms with Gasteiger partial charge in [0, 0.05) is 18.1 Å². The zero-order chi connectivity index (χ0) is 16.5. The minimum absolute atomic E-state index is 0.225. The van der Waals surface area contributed by atoms with Crippen molar-refractivity contribution < 1.29 is 9.13 Å². The highest BCUT2D eigenvalue weighted by Gasteiger charge is 2.28. The quantitative estimate of drug-likeness (QED) is 0.697. The number of methoxy groups -OCH3 is 1. The van der Waals surface area contributed by atoms with Gasteiger partial charge in [0.25, 0.3) is 0 Å². The second-order valence-corrected chi connectivity index (χ2v) is 6.12. The molecule has 0 radical (unpaired) electrons. The van der Waals surface area contributed by atoms with Gasteiger partial charge >= 0.3 is 0 Å². The third-order valence-electron chi connectivity index (χ3n) is 4.73. The lowest BCUT2D eigenvalue weighted by Crippen LogP contribution is -2.23. The molecule has 1 saturated heterocycles. The summed E-state index contributed by atoms with van der Waals surface area (Å²) in [6, 6.07) is 15.3. The molecule has 24 heavy (non-hydrogen) atoms. The SMILES string of the molecule is COc1ccc([C@H]2CCCN2c2nccc3ccc(F)cc23)cc1. The maximum atomic E-state index is 13.7. The number of fused-ring (bicyclic) bond motifs is 1. The number of hydrogen-bond donors (Lipinski definition) is 0. The lowest BCUT2D eigenvalue weighted by molar-refractivity contribution is 0.414. The van der Waals surface area contributed by atoms with Crippen LogP contribution in [-0.2, 0) is 0 Å². The zero-order valence-electron chi connectivity index (χ0n) is 13.6. The first kappa shape index (κ1) is 14.9. The molecule has 1 aromatic heterocycles. The van der Waals surface area contributed by atoms with Gasteiger partial charge in [0.2, 0.25) is 0 Å². The summed E-state index contributed by atoms with van der Waals surface area (Å²) >= 11 is 0. The predicted octanol–water partition coefficient (Wildman–Crippen LogP) is 4.72. The van der Waals surface area contributed by atoms with E-state index in [1.165, 1.54) is 11.6 Å². The van der Waals surface area contributed by atoms with Crippen LogP contribution in [0.5, 0.6) is 5.75 Å². The topological polar surface area (TPSA) is 25.4 Å². The van der Waals surface area contributed by atoms with Gasteiger partial charge in [-0.3, -0.25) is 0 Å². The summed E-state index contributed by atoms with van der Waals surface area (Å²) in [6.45, 7) is 0.930. The highest BCUT2D eigenvalue weighted by Crippen LogP contribution is 2.38. The third-order valence-corrected chi connectivity index (χ3v) is 4.73. The monoisotopic (exact) mass is 322 g/mol. The molecule has 3 nitrogen and oxygen atoms in total. The number of nitrogens with zero attached hydrogens (tertiary/aromatic N) is 2. The van der Waals surface area contributed by atoms with Crippen LogP contribution in [0.4, 0.5) is 10.2 Å². The molecule has 2 heterocycles. The molecule has 3 aromatic rings. The standard InChI is InChI=1S/C20H19FN2O/c1-24-17-8-5-15(6-9-17)19-3-2-12-23(19)20-18-13-16(21)7-4-14(18)10-11-22-20/h4-11,13,19H,2-3,12H2,1H3/t19-/m1/s1. The van der Waals surface area contributed by atoms with Gasteiger partial charge in [0.15, 0.2) is 0 Å². The normalized spacial score (nSPS) is 17.4. The van der Waals surface area contributed by atoms with Crippen molar-refractivity contribution in [3.63, 3.8) is 0 Å². The van der Waals surface area contributed by atoms with Crippen LogP contribution in [0.3, 0.4) is 0 Å². The van der Waals surface area contributed by atoms with Gasteiger partial charge in [0.1, 0.15) is 17.4 Å². The Hall–Kier alpha value is -2.62. The van der Waals surface area contributed by atoms with E-state index >= 15 is 0 Å². The van der Waals surface area contributed by atoms with Crippen molar-refractivity contribution in [2.24, 2.45) is 0 Å². The Morgan fingerprint density at radius 3 is 2.75 bits per heavy atom. The van der Waals surface area contributed by atoms with Crippen molar-refractivity contribution in [3.8, 4) is 5.75 Å². The number of halogens is 1. The fraction of sp³-hybridized carbons (Fsp3) is 0.250. The van der Waals surface area contributed by atoms with E-state index in [0.717, 1.165) is 41.7 Å². The Bertz CT molecular complexity index is 863. The van der Waals surface area contributed by atoms with Crippen molar-refractivity contribution in [2.75, 3.05) is 18.6 Å². The Kier molecular flexibility index (Phi) is 3.81. The molecule has 1 atom stereocenters. The second kappa shape index (κ2) is 6.11. The Morgan fingerprint density at radius 2 is 1.96 bits per heavy atom. The number of rotatable bonds is 3. The molecule has 2 aromatic carbocycles. The maximum Gasteiger partial charge on any atom is 0.137 e. The molecule has 0 bridgehead atoms. The molecule has 1 aliphatic heterocycles. The molecular weight excluding hydrogens is 303 g/mol. The molecule has 0 unspecified atom stereocenters. The fourth-order valence-electron chi connectivity index (χ4n) is 3.55. The summed E-state index contributed by atoms with van der Waals surface area (Å²) in [7, 11) is 1.67. The molecule has 0 spiro atoms. The van der Waals surface area contributed by atoms with E-state index in [0.29, 0.717) is 0 Å². The first-order chi connectivity index (χ1) is 11.8. The molecule has 0 saturated carbocycles. The zero-order valence-corrected chi connectivity index (χ0v) is 13.6. The predicted molar refractivity (Wildman–Crippen MR) is 94.0 cm³/mol. The van der Waals surface area contributed by atoms with E-state index in [4.69, 9.17) is 4.74 Å². The highest BCUT2D eigenvalue weighted by atomic mass is 19.1. The van der Waals surface area contributed by atoms with Gasteiger partial charge in [-0.05, 0) is 54.1 Å². The van der Waals surface area contributed by atoms with Crippen LogP contribution in [-0.4, -0.2) is 18.6 Å². The maximum absolute atomic E-state index is 13.7. The van der Waals surface area contributed by atoms with Crippen LogP contribution in [0.1, 0.15) is 24.4 Å². The average Bonchev–Trinajstić information content (AvgIpc) is 3.10. The van der Waals surface area contributed by atoms with Crippen molar-refractivity contribution in [1.29, 1.82) is 0 Å². The van der Waals surface area contributed by atoms with Gasteiger partial charge in [-0.2, -0.15) is 0 Å². The molecule has 4 rings (SSSR count). The smallest absolute Gasteiger partial charge is 0.137 e. The van der Waals surface area contributed by atoms with Crippen LogP contribution in [0, 0.1) is 5.82 Å². The molecule has 122 valence electrons. The van der Waals surface area contributed by atoms with Gasteiger partial charge < -0.3 is 9.64 Å². The first-order valence-electron chi connectivity index (χ1n) is 8.21. The van der Waals surface area contributed by atoms with Gasteiger partial charge in [-0.15, -0.1) is 0 Å². The molecule has 4 heteroatoms. The van der Waals surface area contributed by atoms with E-state index in [1.54, 1.807) is 19.4 Å². The average molecular weight is 322 g/mol. The number of ether oxygens (including phenoxy) is 1. The number of anilines is 1. The van der Waals surface area contributed by atoms with E-state index in [2.05, 4.69) is 22.0 Å². The molecular formula is C20H19FN2O. The second-order valence-electron chi connectivity index (χ2n) is 6.12. The number of benzene rings is 2. The Labute approximate surface area is 140 Å².